The van der Waals surface area contributed by atoms with E-state index in [4.69, 9.17) is 5.11 Å². The second-order valence-electron chi connectivity index (χ2n) is 6.68. The molecule has 0 amide bonds. The summed E-state index contributed by atoms with van der Waals surface area (Å²) in [5.74, 6) is 1.35. The molecule has 3 heteroatoms. The molecule has 0 aromatic carbocycles. The zero-order valence-corrected chi connectivity index (χ0v) is 10.3. The monoisotopic (exact) mass is 238 g/mol. The summed E-state index contributed by atoms with van der Waals surface area (Å²) in [7, 11) is 0. The molecule has 0 saturated heterocycles. The van der Waals surface area contributed by atoms with Crippen molar-refractivity contribution in [3.63, 3.8) is 0 Å². The van der Waals surface area contributed by atoms with Gasteiger partial charge in [-0.15, -0.1) is 0 Å². The number of aliphatic hydroxyl groups is 1. The maximum absolute atomic E-state index is 11.5. The van der Waals surface area contributed by atoms with Crippen molar-refractivity contribution in [2.75, 3.05) is 6.61 Å². The van der Waals surface area contributed by atoms with Crippen molar-refractivity contribution in [1.29, 1.82) is 0 Å². The van der Waals surface area contributed by atoms with Crippen LogP contribution in [0.5, 0.6) is 0 Å². The van der Waals surface area contributed by atoms with Crippen molar-refractivity contribution in [2.24, 2.45) is 29.1 Å². The summed E-state index contributed by atoms with van der Waals surface area (Å²) in [4.78, 5) is 11.5. The molecule has 4 aliphatic carbocycles. The highest BCUT2D eigenvalue weighted by molar-refractivity contribution is 5.71. The molecular weight excluding hydrogens is 216 g/mol. The average molecular weight is 238 g/mol. The Kier molecular flexibility index (Phi) is 2.69. The first-order chi connectivity index (χ1) is 8.13. The molecule has 0 radical (unpaired) electrons. The first-order valence-electron chi connectivity index (χ1n) is 6.96. The minimum atomic E-state index is -0.680. The first kappa shape index (κ1) is 11.5. The van der Waals surface area contributed by atoms with E-state index in [1.165, 1.54) is 19.3 Å². The lowest BCUT2D eigenvalue weighted by Gasteiger charge is -2.58. The van der Waals surface area contributed by atoms with Gasteiger partial charge in [0, 0.05) is 6.61 Å². The second-order valence-corrected chi connectivity index (χ2v) is 6.68. The fourth-order valence-electron chi connectivity index (χ4n) is 5.43. The van der Waals surface area contributed by atoms with Crippen LogP contribution in [-0.2, 0) is 4.79 Å². The topological polar surface area (TPSA) is 57.5 Å². The molecule has 4 rings (SSSR count). The van der Waals surface area contributed by atoms with E-state index in [2.05, 4.69) is 0 Å². The van der Waals surface area contributed by atoms with Gasteiger partial charge in [0.25, 0.3) is 0 Å². The molecule has 0 aromatic rings. The summed E-state index contributed by atoms with van der Waals surface area (Å²) in [6, 6.07) is 0. The van der Waals surface area contributed by atoms with E-state index in [9.17, 15) is 9.90 Å². The summed E-state index contributed by atoms with van der Waals surface area (Å²) in [5.41, 5.74) is 0.0311. The number of carboxylic acids is 1. The van der Waals surface area contributed by atoms with Crippen molar-refractivity contribution in [2.45, 2.75) is 44.9 Å². The molecule has 0 spiro atoms. The Morgan fingerprint density at radius 2 is 1.59 bits per heavy atom. The number of hydrogen-bond acceptors (Lipinski definition) is 2. The van der Waals surface area contributed by atoms with E-state index in [1.807, 2.05) is 0 Å². The van der Waals surface area contributed by atoms with Crippen LogP contribution in [0.25, 0.3) is 0 Å². The summed E-state index contributed by atoms with van der Waals surface area (Å²) in [5, 5.41) is 18.6. The molecule has 0 aliphatic heterocycles. The van der Waals surface area contributed by atoms with E-state index < -0.39 is 5.97 Å². The molecule has 1 unspecified atom stereocenters. The predicted molar refractivity (Wildman–Crippen MR) is 63.4 cm³/mol. The normalized spacial score (nSPS) is 44.9. The van der Waals surface area contributed by atoms with Gasteiger partial charge in [0.2, 0.25) is 0 Å². The van der Waals surface area contributed by atoms with Crippen LogP contribution >= 0.6 is 0 Å². The van der Waals surface area contributed by atoms with Crippen LogP contribution in [-0.4, -0.2) is 22.8 Å². The lowest BCUT2D eigenvalue weighted by Crippen LogP contribution is -2.51. The van der Waals surface area contributed by atoms with Gasteiger partial charge in [0.05, 0.1) is 5.92 Å². The van der Waals surface area contributed by atoms with Gasteiger partial charge in [-0.05, 0) is 68.1 Å². The SMILES string of the molecule is O=C(O)C(CCO)C12CC3CC(CC(C3)C1)C2. The molecule has 17 heavy (non-hydrogen) atoms. The fraction of sp³-hybridized carbons (Fsp3) is 0.929. The highest BCUT2D eigenvalue weighted by Gasteiger charge is 2.55. The maximum atomic E-state index is 11.5. The van der Waals surface area contributed by atoms with Gasteiger partial charge in [-0.1, -0.05) is 0 Å². The van der Waals surface area contributed by atoms with Gasteiger partial charge in [-0.25, -0.2) is 0 Å². The molecule has 4 bridgehead atoms. The quantitative estimate of drug-likeness (QED) is 0.790. The third-order valence-electron chi connectivity index (χ3n) is 5.54. The molecule has 4 aliphatic rings. The van der Waals surface area contributed by atoms with Crippen molar-refractivity contribution in [3.05, 3.63) is 0 Å². The second kappa shape index (κ2) is 3.98. The van der Waals surface area contributed by atoms with Crippen LogP contribution in [0.15, 0.2) is 0 Å². The number of aliphatic hydroxyl groups excluding tert-OH is 1. The Hall–Kier alpha value is -0.570. The third-order valence-corrected chi connectivity index (χ3v) is 5.54. The molecule has 96 valence electrons. The Morgan fingerprint density at radius 3 is 1.94 bits per heavy atom. The number of rotatable bonds is 4. The molecule has 3 nitrogen and oxygen atoms in total. The minimum absolute atomic E-state index is 0.0126. The van der Waals surface area contributed by atoms with Gasteiger partial charge in [-0.3, -0.25) is 4.79 Å². The predicted octanol–water partition coefficient (Wildman–Crippen LogP) is 2.29. The number of hydrogen-bond donors (Lipinski definition) is 2. The largest absolute Gasteiger partial charge is 0.481 e. The van der Waals surface area contributed by atoms with Gasteiger partial charge < -0.3 is 10.2 Å². The van der Waals surface area contributed by atoms with Crippen molar-refractivity contribution in [3.8, 4) is 0 Å². The van der Waals surface area contributed by atoms with Gasteiger partial charge in [0.15, 0.2) is 0 Å². The summed E-state index contributed by atoms with van der Waals surface area (Å²) in [6.07, 6.45) is 7.78. The summed E-state index contributed by atoms with van der Waals surface area (Å²) >= 11 is 0. The van der Waals surface area contributed by atoms with E-state index in [0.29, 0.717) is 6.42 Å². The zero-order chi connectivity index (χ0) is 12.0. The van der Waals surface area contributed by atoms with Crippen molar-refractivity contribution >= 4 is 5.97 Å². The van der Waals surface area contributed by atoms with Crippen LogP contribution in [0, 0.1) is 29.1 Å². The van der Waals surface area contributed by atoms with Gasteiger partial charge in [-0.2, -0.15) is 0 Å². The van der Waals surface area contributed by atoms with Crippen LogP contribution in [0.2, 0.25) is 0 Å². The molecule has 1 atom stereocenters. The Bertz CT molecular complexity index is 288. The molecule has 4 fully saturated rings. The van der Waals surface area contributed by atoms with E-state index in [1.54, 1.807) is 0 Å². The zero-order valence-electron chi connectivity index (χ0n) is 10.3. The van der Waals surface area contributed by atoms with Crippen molar-refractivity contribution in [1.82, 2.24) is 0 Å². The van der Waals surface area contributed by atoms with Crippen LogP contribution in [0.1, 0.15) is 44.9 Å². The smallest absolute Gasteiger partial charge is 0.307 e. The number of carbonyl (C=O) groups is 1. The average Bonchev–Trinajstić information content (AvgIpc) is 2.23. The lowest BCUT2D eigenvalue weighted by atomic mass is 9.46. The van der Waals surface area contributed by atoms with Gasteiger partial charge in [0.1, 0.15) is 0 Å². The number of carboxylic acid groups (broad SMARTS) is 1. The van der Waals surface area contributed by atoms with Crippen LogP contribution < -0.4 is 0 Å². The Balaban J connectivity index is 1.87. The first-order valence-corrected chi connectivity index (χ1v) is 6.96. The van der Waals surface area contributed by atoms with Crippen LogP contribution in [0.4, 0.5) is 0 Å². The minimum Gasteiger partial charge on any atom is -0.481 e. The molecule has 2 N–H and O–H groups in total. The Labute approximate surface area is 102 Å². The van der Waals surface area contributed by atoms with E-state index in [-0.39, 0.29) is 17.9 Å². The van der Waals surface area contributed by atoms with E-state index in [0.717, 1.165) is 37.0 Å². The van der Waals surface area contributed by atoms with Gasteiger partial charge >= 0.3 is 5.97 Å². The maximum Gasteiger partial charge on any atom is 0.307 e. The standard InChI is InChI=1S/C14H22O3/c15-2-1-12(13(16)17)14-6-9-3-10(7-14)5-11(4-9)8-14/h9-12,15H,1-8H2,(H,16,17). The molecular formula is C14H22O3. The summed E-state index contributed by atoms with van der Waals surface area (Å²) < 4.78 is 0. The highest BCUT2D eigenvalue weighted by Crippen LogP contribution is 2.63. The van der Waals surface area contributed by atoms with Crippen molar-refractivity contribution < 1.29 is 15.0 Å². The lowest BCUT2D eigenvalue weighted by molar-refractivity contribution is -0.159. The number of aliphatic carboxylic acids is 1. The molecule has 0 aromatic heterocycles. The summed E-state index contributed by atoms with van der Waals surface area (Å²) in [6.45, 7) is 0.0126. The van der Waals surface area contributed by atoms with E-state index >= 15 is 0 Å². The van der Waals surface area contributed by atoms with Crippen LogP contribution in [0.3, 0.4) is 0 Å². The Morgan fingerprint density at radius 1 is 1.12 bits per heavy atom. The third kappa shape index (κ3) is 1.79. The highest BCUT2D eigenvalue weighted by atomic mass is 16.4. The molecule has 4 saturated carbocycles. The fourth-order valence-corrected chi connectivity index (χ4v) is 5.43. The molecule has 0 heterocycles.